The van der Waals surface area contributed by atoms with Gasteiger partial charge < -0.3 is 15.4 Å². The van der Waals surface area contributed by atoms with Crippen molar-refractivity contribution in [2.75, 3.05) is 17.2 Å². The number of anilines is 2. The first-order valence-corrected chi connectivity index (χ1v) is 9.55. The van der Waals surface area contributed by atoms with Crippen molar-refractivity contribution >= 4 is 17.3 Å². The molecule has 0 saturated heterocycles. The van der Waals surface area contributed by atoms with Crippen molar-refractivity contribution < 1.29 is 9.53 Å². The molecule has 0 aliphatic rings. The number of nitrogens with one attached hydrogen (secondary N) is 2. The third-order valence-electron chi connectivity index (χ3n) is 4.57. The minimum atomic E-state index is -0.0816. The van der Waals surface area contributed by atoms with Crippen molar-refractivity contribution in [3.05, 3.63) is 89.5 Å². The summed E-state index contributed by atoms with van der Waals surface area (Å²) < 4.78 is 5.94. The SMILES string of the molecule is CCc1cccc(C)c1NC(=O)CNc1ccccc1OCc1ccccc1. The third-order valence-corrected chi connectivity index (χ3v) is 4.57. The highest BCUT2D eigenvalue weighted by molar-refractivity contribution is 5.95. The predicted molar refractivity (Wildman–Crippen MR) is 115 cm³/mol. The van der Waals surface area contributed by atoms with Gasteiger partial charge in [-0.1, -0.05) is 67.6 Å². The van der Waals surface area contributed by atoms with E-state index in [0.29, 0.717) is 6.61 Å². The zero-order chi connectivity index (χ0) is 19.8. The Kier molecular flexibility index (Phi) is 6.68. The third kappa shape index (κ3) is 5.13. The van der Waals surface area contributed by atoms with Gasteiger partial charge in [0.2, 0.25) is 5.91 Å². The Bertz CT molecular complexity index is 923. The van der Waals surface area contributed by atoms with Crippen LogP contribution in [0.25, 0.3) is 0 Å². The monoisotopic (exact) mass is 374 g/mol. The van der Waals surface area contributed by atoms with Crippen molar-refractivity contribution in [1.82, 2.24) is 0 Å². The van der Waals surface area contributed by atoms with E-state index in [1.807, 2.05) is 79.7 Å². The fourth-order valence-electron chi connectivity index (χ4n) is 3.04. The number of ether oxygens (including phenoxy) is 1. The maximum absolute atomic E-state index is 12.5. The summed E-state index contributed by atoms with van der Waals surface area (Å²) in [6, 6.07) is 23.7. The highest BCUT2D eigenvalue weighted by Gasteiger charge is 2.10. The Morgan fingerprint density at radius 2 is 1.68 bits per heavy atom. The maximum Gasteiger partial charge on any atom is 0.243 e. The summed E-state index contributed by atoms with van der Waals surface area (Å²) in [5.41, 5.74) is 5.01. The molecule has 0 aliphatic heterocycles. The van der Waals surface area contributed by atoms with E-state index in [4.69, 9.17) is 4.74 Å². The van der Waals surface area contributed by atoms with E-state index >= 15 is 0 Å². The topological polar surface area (TPSA) is 50.4 Å². The lowest BCUT2D eigenvalue weighted by molar-refractivity contribution is -0.114. The summed E-state index contributed by atoms with van der Waals surface area (Å²) in [5.74, 6) is 0.645. The predicted octanol–water partition coefficient (Wildman–Crippen LogP) is 5.19. The van der Waals surface area contributed by atoms with E-state index in [-0.39, 0.29) is 12.5 Å². The average Bonchev–Trinajstić information content (AvgIpc) is 2.73. The van der Waals surface area contributed by atoms with Crippen LogP contribution in [0.2, 0.25) is 0 Å². The molecule has 0 atom stereocenters. The number of rotatable bonds is 8. The Balaban J connectivity index is 1.61. The first kappa shape index (κ1) is 19.5. The lowest BCUT2D eigenvalue weighted by Gasteiger charge is -2.15. The van der Waals surface area contributed by atoms with Crippen LogP contribution < -0.4 is 15.4 Å². The molecule has 0 bridgehead atoms. The quantitative estimate of drug-likeness (QED) is 0.571. The molecule has 144 valence electrons. The number of hydrogen-bond acceptors (Lipinski definition) is 3. The minimum Gasteiger partial charge on any atom is -0.487 e. The van der Waals surface area contributed by atoms with Crippen LogP contribution >= 0.6 is 0 Å². The number of hydrogen-bond donors (Lipinski definition) is 2. The number of para-hydroxylation sites is 3. The Labute approximate surface area is 166 Å². The zero-order valence-corrected chi connectivity index (χ0v) is 16.4. The van der Waals surface area contributed by atoms with Gasteiger partial charge in [-0.15, -0.1) is 0 Å². The van der Waals surface area contributed by atoms with Gasteiger partial charge in [0, 0.05) is 5.69 Å². The van der Waals surface area contributed by atoms with Crippen LogP contribution in [0.4, 0.5) is 11.4 Å². The molecule has 0 saturated carbocycles. The summed E-state index contributed by atoms with van der Waals surface area (Å²) >= 11 is 0. The van der Waals surface area contributed by atoms with Gasteiger partial charge in [0.15, 0.2) is 0 Å². The Morgan fingerprint density at radius 1 is 0.929 bits per heavy atom. The molecule has 3 aromatic carbocycles. The van der Waals surface area contributed by atoms with Gasteiger partial charge in [-0.2, -0.15) is 0 Å². The minimum absolute atomic E-state index is 0.0816. The molecular weight excluding hydrogens is 348 g/mol. The molecule has 0 aliphatic carbocycles. The summed E-state index contributed by atoms with van der Waals surface area (Å²) in [4.78, 5) is 12.5. The molecular formula is C24H26N2O2. The van der Waals surface area contributed by atoms with Crippen LogP contribution in [-0.2, 0) is 17.8 Å². The number of carbonyl (C=O) groups is 1. The molecule has 4 nitrogen and oxygen atoms in total. The normalized spacial score (nSPS) is 10.4. The summed E-state index contributed by atoms with van der Waals surface area (Å²) in [7, 11) is 0. The van der Waals surface area contributed by atoms with E-state index in [1.54, 1.807) is 0 Å². The van der Waals surface area contributed by atoms with E-state index in [0.717, 1.165) is 40.2 Å². The van der Waals surface area contributed by atoms with Gasteiger partial charge in [-0.3, -0.25) is 4.79 Å². The highest BCUT2D eigenvalue weighted by Crippen LogP contribution is 2.25. The largest absolute Gasteiger partial charge is 0.487 e. The van der Waals surface area contributed by atoms with E-state index in [9.17, 15) is 4.79 Å². The van der Waals surface area contributed by atoms with Gasteiger partial charge in [0.1, 0.15) is 12.4 Å². The number of benzene rings is 3. The average molecular weight is 374 g/mol. The fourth-order valence-corrected chi connectivity index (χ4v) is 3.04. The van der Waals surface area contributed by atoms with Crippen LogP contribution in [0.5, 0.6) is 5.75 Å². The number of carbonyl (C=O) groups excluding carboxylic acids is 1. The second-order valence-corrected chi connectivity index (χ2v) is 6.63. The molecule has 0 radical (unpaired) electrons. The summed E-state index contributed by atoms with van der Waals surface area (Å²) in [6.07, 6.45) is 0.876. The smallest absolute Gasteiger partial charge is 0.243 e. The second kappa shape index (κ2) is 9.60. The second-order valence-electron chi connectivity index (χ2n) is 6.63. The first-order valence-electron chi connectivity index (χ1n) is 9.55. The Hall–Kier alpha value is -3.27. The standard InChI is InChI=1S/C24H26N2O2/c1-3-20-13-9-10-18(2)24(20)26-23(27)16-25-21-14-7-8-15-22(21)28-17-19-11-5-4-6-12-19/h4-15,25H,3,16-17H2,1-2H3,(H,26,27). The van der Waals surface area contributed by atoms with Gasteiger partial charge in [0.25, 0.3) is 0 Å². The van der Waals surface area contributed by atoms with Crippen molar-refractivity contribution in [2.45, 2.75) is 26.9 Å². The van der Waals surface area contributed by atoms with Crippen molar-refractivity contribution in [1.29, 1.82) is 0 Å². The van der Waals surface area contributed by atoms with Crippen LogP contribution in [0.3, 0.4) is 0 Å². The molecule has 0 spiro atoms. The van der Waals surface area contributed by atoms with Crippen molar-refractivity contribution in [2.24, 2.45) is 0 Å². The zero-order valence-electron chi connectivity index (χ0n) is 16.4. The molecule has 0 heterocycles. The van der Waals surface area contributed by atoms with E-state index in [1.165, 1.54) is 0 Å². The van der Waals surface area contributed by atoms with Crippen LogP contribution in [0.15, 0.2) is 72.8 Å². The van der Waals surface area contributed by atoms with Gasteiger partial charge >= 0.3 is 0 Å². The van der Waals surface area contributed by atoms with Crippen molar-refractivity contribution in [3.63, 3.8) is 0 Å². The maximum atomic E-state index is 12.5. The number of aryl methyl sites for hydroxylation is 2. The molecule has 0 fully saturated rings. The summed E-state index contributed by atoms with van der Waals surface area (Å²) in [6.45, 7) is 4.75. The van der Waals surface area contributed by atoms with E-state index < -0.39 is 0 Å². The van der Waals surface area contributed by atoms with Crippen LogP contribution in [-0.4, -0.2) is 12.5 Å². The first-order chi connectivity index (χ1) is 13.7. The van der Waals surface area contributed by atoms with Gasteiger partial charge in [0.05, 0.1) is 12.2 Å². The van der Waals surface area contributed by atoms with Crippen LogP contribution in [0.1, 0.15) is 23.6 Å². The fraction of sp³-hybridized carbons (Fsp3) is 0.208. The molecule has 1 amide bonds. The van der Waals surface area contributed by atoms with E-state index in [2.05, 4.69) is 17.6 Å². The molecule has 28 heavy (non-hydrogen) atoms. The highest BCUT2D eigenvalue weighted by atomic mass is 16.5. The van der Waals surface area contributed by atoms with Crippen molar-refractivity contribution in [3.8, 4) is 5.75 Å². The Morgan fingerprint density at radius 3 is 2.46 bits per heavy atom. The molecule has 3 rings (SSSR count). The van der Waals surface area contributed by atoms with Gasteiger partial charge in [-0.25, -0.2) is 0 Å². The lowest BCUT2D eigenvalue weighted by Crippen LogP contribution is -2.23. The van der Waals surface area contributed by atoms with Crippen LogP contribution in [0, 0.1) is 6.92 Å². The molecule has 0 unspecified atom stereocenters. The lowest BCUT2D eigenvalue weighted by atomic mass is 10.1. The summed E-state index contributed by atoms with van der Waals surface area (Å²) in [5, 5.41) is 6.22. The molecule has 2 N–H and O–H groups in total. The molecule has 3 aromatic rings. The molecule has 0 aromatic heterocycles. The number of amides is 1. The molecule has 4 heteroatoms. The van der Waals surface area contributed by atoms with Gasteiger partial charge in [-0.05, 0) is 42.2 Å².